The first-order chi connectivity index (χ1) is 7.29. The third-order valence-corrected chi connectivity index (χ3v) is 4.49. The Morgan fingerprint density at radius 3 is 2.73 bits per heavy atom. The van der Waals surface area contributed by atoms with E-state index in [1.165, 1.54) is 51.5 Å². The maximum atomic E-state index is 5.85. The summed E-state index contributed by atoms with van der Waals surface area (Å²) < 4.78 is 0. The molecule has 0 heterocycles. The second-order valence-electron chi connectivity index (χ2n) is 5.65. The average Bonchev–Trinajstić information content (AvgIpc) is 2.90. The van der Waals surface area contributed by atoms with Gasteiger partial charge in [0.2, 0.25) is 0 Å². The maximum absolute atomic E-state index is 5.85. The van der Waals surface area contributed by atoms with E-state index in [-0.39, 0.29) is 0 Å². The minimum Gasteiger partial charge on any atom is -0.330 e. The Morgan fingerprint density at radius 2 is 2.20 bits per heavy atom. The normalized spacial score (nSPS) is 32.4. The largest absolute Gasteiger partial charge is 0.330 e. The van der Waals surface area contributed by atoms with E-state index in [0.29, 0.717) is 5.41 Å². The first kappa shape index (κ1) is 11.4. The van der Waals surface area contributed by atoms with Crippen LogP contribution in [0.4, 0.5) is 0 Å². The Kier molecular flexibility index (Phi) is 3.68. The number of hydrogen-bond donors (Lipinski definition) is 2. The summed E-state index contributed by atoms with van der Waals surface area (Å²) in [4.78, 5) is 0. The fraction of sp³-hybridized carbons (Fsp3) is 1.00. The van der Waals surface area contributed by atoms with Crippen LogP contribution in [-0.2, 0) is 0 Å². The molecule has 0 bridgehead atoms. The minimum absolute atomic E-state index is 0.530. The first-order valence-electron chi connectivity index (χ1n) is 6.73. The van der Waals surface area contributed by atoms with Gasteiger partial charge in [0, 0.05) is 6.04 Å². The molecule has 0 amide bonds. The summed E-state index contributed by atoms with van der Waals surface area (Å²) in [6, 6.07) is 0.847. The Morgan fingerprint density at radius 1 is 1.40 bits per heavy atom. The Labute approximate surface area is 94.0 Å². The molecule has 0 saturated heterocycles. The lowest BCUT2D eigenvalue weighted by Gasteiger charge is -2.41. The van der Waals surface area contributed by atoms with Gasteiger partial charge in [0.15, 0.2) is 0 Å². The van der Waals surface area contributed by atoms with Crippen molar-refractivity contribution in [2.24, 2.45) is 17.1 Å². The molecule has 0 aromatic rings. The molecular weight excluding hydrogens is 184 g/mol. The highest BCUT2D eigenvalue weighted by Crippen LogP contribution is 2.43. The lowest BCUT2D eigenvalue weighted by atomic mass is 9.67. The predicted molar refractivity (Wildman–Crippen MR) is 64.8 cm³/mol. The lowest BCUT2D eigenvalue weighted by molar-refractivity contribution is 0.130. The number of hydrogen-bond acceptors (Lipinski definition) is 2. The van der Waals surface area contributed by atoms with Gasteiger partial charge in [0.05, 0.1) is 0 Å². The van der Waals surface area contributed by atoms with Gasteiger partial charge in [-0.25, -0.2) is 0 Å². The molecule has 2 rings (SSSR count). The van der Waals surface area contributed by atoms with Crippen LogP contribution in [0.15, 0.2) is 0 Å². The molecule has 88 valence electrons. The van der Waals surface area contributed by atoms with Gasteiger partial charge in [-0.05, 0) is 56.5 Å². The van der Waals surface area contributed by atoms with E-state index in [4.69, 9.17) is 5.73 Å². The van der Waals surface area contributed by atoms with Gasteiger partial charge in [0.25, 0.3) is 0 Å². The highest BCUT2D eigenvalue weighted by atomic mass is 15.0. The summed E-state index contributed by atoms with van der Waals surface area (Å²) >= 11 is 0. The summed E-state index contributed by atoms with van der Waals surface area (Å²) in [6.07, 6.45) is 9.62. The van der Waals surface area contributed by atoms with Gasteiger partial charge in [-0.2, -0.15) is 0 Å². The molecular formula is C13H26N2. The lowest BCUT2D eigenvalue weighted by Crippen LogP contribution is -2.40. The average molecular weight is 210 g/mol. The Hall–Kier alpha value is -0.0800. The predicted octanol–water partition coefficient (Wildman–Crippen LogP) is 2.28. The number of nitrogens with two attached hydrogens (primary N) is 1. The molecule has 3 N–H and O–H groups in total. The topological polar surface area (TPSA) is 38.0 Å². The van der Waals surface area contributed by atoms with Crippen LogP contribution in [0, 0.1) is 11.3 Å². The summed E-state index contributed by atoms with van der Waals surface area (Å²) in [6.45, 7) is 4.38. The molecule has 0 radical (unpaired) electrons. The smallest absolute Gasteiger partial charge is 0.00991 e. The molecule has 15 heavy (non-hydrogen) atoms. The fourth-order valence-corrected chi connectivity index (χ4v) is 2.94. The molecule has 0 aromatic carbocycles. The van der Waals surface area contributed by atoms with E-state index < -0.39 is 0 Å². The summed E-state index contributed by atoms with van der Waals surface area (Å²) in [5.41, 5.74) is 6.38. The van der Waals surface area contributed by atoms with Gasteiger partial charge in [-0.1, -0.05) is 19.8 Å². The maximum Gasteiger partial charge on any atom is 0.00991 e. The van der Waals surface area contributed by atoms with Crippen molar-refractivity contribution in [2.45, 2.75) is 57.9 Å². The van der Waals surface area contributed by atoms with Crippen molar-refractivity contribution < 1.29 is 0 Å². The second kappa shape index (κ2) is 4.84. The van der Waals surface area contributed by atoms with E-state index >= 15 is 0 Å². The van der Waals surface area contributed by atoms with Crippen LogP contribution in [0.5, 0.6) is 0 Å². The van der Waals surface area contributed by atoms with Crippen molar-refractivity contribution in [1.82, 2.24) is 5.32 Å². The van der Waals surface area contributed by atoms with Gasteiger partial charge in [-0.15, -0.1) is 0 Å². The highest BCUT2D eigenvalue weighted by molar-refractivity contribution is 4.94. The third kappa shape index (κ3) is 2.73. The second-order valence-corrected chi connectivity index (χ2v) is 5.65. The van der Waals surface area contributed by atoms with Crippen molar-refractivity contribution in [2.75, 3.05) is 13.1 Å². The number of rotatable bonds is 7. The van der Waals surface area contributed by atoms with E-state index in [9.17, 15) is 0 Å². The molecule has 2 aliphatic carbocycles. The molecule has 2 heteroatoms. The molecule has 0 spiro atoms. The Bertz CT molecular complexity index is 193. The quantitative estimate of drug-likeness (QED) is 0.676. The highest BCUT2D eigenvalue weighted by Gasteiger charge is 2.38. The van der Waals surface area contributed by atoms with Gasteiger partial charge >= 0.3 is 0 Å². The molecule has 2 fully saturated rings. The van der Waals surface area contributed by atoms with E-state index in [1.54, 1.807) is 0 Å². The molecule has 2 saturated carbocycles. The fourth-order valence-electron chi connectivity index (χ4n) is 2.94. The zero-order valence-electron chi connectivity index (χ0n) is 10.1. The first-order valence-corrected chi connectivity index (χ1v) is 6.73. The third-order valence-electron chi connectivity index (χ3n) is 4.49. The van der Waals surface area contributed by atoms with Gasteiger partial charge in [0.1, 0.15) is 0 Å². The van der Waals surface area contributed by atoms with Crippen LogP contribution >= 0.6 is 0 Å². The van der Waals surface area contributed by atoms with E-state index in [1.807, 2.05) is 0 Å². The Balaban J connectivity index is 1.56. The van der Waals surface area contributed by atoms with E-state index in [0.717, 1.165) is 18.5 Å². The van der Waals surface area contributed by atoms with Crippen LogP contribution in [0.3, 0.4) is 0 Å². The van der Waals surface area contributed by atoms with Crippen molar-refractivity contribution >= 4 is 0 Å². The SMILES string of the molecule is CCCC1CC1NCCC1(CN)CCC1. The zero-order valence-corrected chi connectivity index (χ0v) is 10.1. The molecule has 0 aliphatic heterocycles. The van der Waals surface area contributed by atoms with E-state index in [2.05, 4.69) is 12.2 Å². The molecule has 0 aromatic heterocycles. The van der Waals surface area contributed by atoms with Crippen molar-refractivity contribution in [3.05, 3.63) is 0 Å². The molecule has 2 unspecified atom stereocenters. The molecule has 2 nitrogen and oxygen atoms in total. The molecule has 2 aliphatic rings. The van der Waals surface area contributed by atoms with Crippen LogP contribution < -0.4 is 11.1 Å². The van der Waals surface area contributed by atoms with Crippen LogP contribution in [0.1, 0.15) is 51.9 Å². The zero-order chi connectivity index (χ0) is 10.7. The van der Waals surface area contributed by atoms with Crippen molar-refractivity contribution in [3.63, 3.8) is 0 Å². The van der Waals surface area contributed by atoms with Crippen molar-refractivity contribution in [1.29, 1.82) is 0 Å². The van der Waals surface area contributed by atoms with Gasteiger partial charge < -0.3 is 11.1 Å². The monoisotopic (exact) mass is 210 g/mol. The molecule has 2 atom stereocenters. The number of nitrogens with one attached hydrogen (secondary N) is 1. The van der Waals surface area contributed by atoms with Crippen LogP contribution in [0.2, 0.25) is 0 Å². The standard InChI is InChI=1S/C13H26N2/c1-2-4-11-9-12(11)15-8-7-13(10-14)5-3-6-13/h11-12,15H,2-10,14H2,1H3. The summed E-state index contributed by atoms with van der Waals surface area (Å²) in [7, 11) is 0. The van der Waals surface area contributed by atoms with Crippen molar-refractivity contribution in [3.8, 4) is 0 Å². The summed E-state index contributed by atoms with van der Waals surface area (Å²) in [5, 5.41) is 3.69. The minimum atomic E-state index is 0.530. The van der Waals surface area contributed by atoms with Crippen LogP contribution in [0.25, 0.3) is 0 Å². The van der Waals surface area contributed by atoms with Gasteiger partial charge in [-0.3, -0.25) is 0 Å². The summed E-state index contributed by atoms with van der Waals surface area (Å²) in [5.74, 6) is 0.991. The van der Waals surface area contributed by atoms with Crippen LogP contribution in [-0.4, -0.2) is 19.1 Å².